The molecule has 0 saturated heterocycles. The van der Waals surface area contributed by atoms with E-state index in [-0.39, 0.29) is 23.2 Å². The second-order valence-electron chi connectivity index (χ2n) is 6.00. The Kier molecular flexibility index (Phi) is 8.45. The number of aliphatic hydroxyl groups is 2. The molecular weight excluding hydrogens is 406 g/mol. The molecule has 1 amide bonds. The third-order valence-corrected chi connectivity index (χ3v) is 5.10. The van der Waals surface area contributed by atoms with Gasteiger partial charge in [-0.15, -0.1) is 11.3 Å². The number of thiophene rings is 1. The summed E-state index contributed by atoms with van der Waals surface area (Å²) in [5.41, 5.74) is 7.02. The number of hydrazine groups is 1. The highest BCUT2D eigenvalue weighted by atomic mass is 32.1. The first-order valence-electron chi connectivity index (χ1n) is 8.84. The predicted octanol–water partition coefficient (Wildman–Crippen LogP) is 4.97. The molecule has 5 N–H and O–H groups in total. The summed E-state index contributed by atoms with van der Waals surface area (Å²) in [5.74, 6) is -1.01. The SMILES string of the molecule is C=C(O)/C(O)=C\C(=C/C)CCC(=O)NNC(=S)Nc1ccc(-c2ccccc2)s1. The van der Waals surface area contributed by atoms with Gasteiger partial charge in [0, 0.05) is 11.3 Å². The van der Waals surface area contributed by atoms with E-state index in [2.05, 4.69) is 22.7 Å². The van der Waals surface area contributed by atoms with E-state index in [0.717, 1.165) is 15.4 Å². The monoisotopic (exact) mass is 429 g/mol. The van der Waals surface area contributed by atoms with Crippen LogP contribution in [0.2, 0.25) is 0 Å². The van der Waals surface area contributed by atoms with Gasteiger partial charge in [-0.05, 0) is 54.9 Å². The summed E-state index contributed by atoms with van der Waals surface area (Å²) < 4.78 is 0. The van der Waals surface area contributed by atoms with E-state index in [1.165, 1.54) is 6.08 Å². The molecule has 0 saturated carbocycles. The van der Waals surface area contributed by atoms with Crippen molar-refractivity contribution in [2.24, 2.45) is 0 Å². The van der Waals surface area contributed by atoms with Crippen LogP contribution in [0.25, 0.3) is 10.4 Å². The highest BCUT2D eigenvalue weighted by molar-refractivity contribution is 7.80. The number of carbonyl (C=O) groups is 1. The van der Waals surface area contributed by atoms with Crippen LogP contribution in [0.1, 0.15) is 19.8 Å². The van der Waals surface area contributed by atoms with Gasteiger partial charge in [-0.2, -0.15) is 0 Å². The zero-order valence-corrected chi connectivity index (χ0v) is 17.6. The Morgan fingerprint density at radius 3 is 2.52 bits per heavy atom. The van der Waals surface area contributed by atoms with E-state index in [1.54, 1.807) is 24.3 Å². The summed E-state index contributed by atoms with van der Waals surface area (Å²) in [6.45, 7) is 5.02. The summed E-state index contributed by atoms with van der Waals surface area (Å²) in [6.07, 6.45) is 3.67. The van der Waals surface area contributed by atoms with Crippen molar-refractivity contribution in [3.63, 3.8) is 0 Å². The molecule has 6 nitrogen and oxygen atoms in total. The third kappa shape index (κ3) is 7.44. The van der Waals surface area contributed by atoms with E-state index in [0.29, 0.717) is 12.0 Å². The molecule has 0 bridgehead atoms. The van der Waals surface area contributed by atoms with Gasteiger partial charge in [-0.1, -0.05) is 43.0 Å². The Labute approximate surface area is 179 Å². The number of rotatable bonds is 7. The van der Waals surface area contributed by atoms with Crippen molar-refractivity contribution in [1.29, 1.82) is 0 Å². The maximum atomic E-state index is 12.0. The standard InChI is InChI=1S/C21H23N3O3S2/c1-3-15(13-17(26)14(2)25)9-11-19(27)23-24-21(28)22-20-12-10-18(29-20)16-7-5-4-6-8-16/h3-8,10,12-13,25-26H,2,9,11H2,1H3,(H,23,27)(H2,22,24,28)/b15-3-,17-13+. The number of allylic oxidation sites excluding steroid dienone is 3. The molecule has 0 spiro atoms. The van der Waals surface area contributed by atoms with Crippen LogP contribution >= 0.6 is 23.6 Å². The van der Waals surface area contributed by atoms with E-state index < -0.39 is 5.76 Å². The molecule has 0 aliphatic rings. The molecule has 0 aliphatic heterocycles. The van der Waals surface area contributed by atoms with Crippen molar-refractivity contribution in [2.45, 2.75) is 19.8 Å². The zero-order chi connectivity index (χ0) is 21.2. The molecule has 1 aromatic carbocycles. The summed E-state index contributed by atoms with van der Waals surface area (Å²) in [5, 5.41) is 22.8. The average Bonchev–Trinajstić information content (AvgIpc) is 3.18. The Bertz CT molecular complexity index is 934. The lowest BCUT2D eigenvalue weighted by molar-refractivity contribution is -0.121. The number of thiocarbonyl (C=S) groups is 1. The second-order valence-corrected chi connectivity index (χ2v) is 7.49. The number of hydrogen-bond donors (Lipinski definition) is 5. The maximum absolute atomic E-state index is 12.0. The number of benzene rings is 1. The van der Waals surface area contributed by atoms with Crippen molar-refractivity contribution in [3.05, 3.63) is 78.3 Å². The van der Waals surface area contributed by atoms with Crippen LogP contribution in [0, 0.1) is 0 Å². The van der Waals surface area contributed by atoms with Crippen LogP contribution in [0.3, 0.4) is 0 Å². The molecule has 152 valence electrons. The molecule has 0 aliphatic carbocycles. The Morgan fingerprint density at radius 1 is 1.14 bits per heavy atom. The third-order valence-electron chi connectivity index (χ3n) is 3.85. The topological polar surface area (TPSA) is 93.6 Å². The van der Waals surface area contributed by atoms with Gasteiger partial charge in [0.1, 0.15) is 5.76 Å². The van der Waals surface area contributed by atoms with E-state index in [9.17, 15) is 9.90 Å². The van der Waals surface area contributed by atoms with Gasteiger partial charge in [0.15, 0.2) is 10.9 Å². The van der Waals surface area contributed by atoms with Crippen LogP contribution < -0.4 is 16.2 Å². The average molecular weight is 430 g/mol. The van der Waals surface area contributed by atoms with Crippen LogP contribution in [0.5, 0.6) is 0 Å². The Hall–Kier alpha value is -3.10. The Balaban J connectivity index is 1.78. The van der Waals surface area contributed by atoms with Crippen molar-refractivity contribution in [3.8, 4) is 10.4 Å². The molecule has 1 aromatic heterocycles. The molecule has 0 radical (unpaired) electrons. The van der Waals surface area contributed by atoms with Crippen LogP contribution in [0.15, 0.2) is 78.3 Å². The lowest BCUT2D eigenvalue weighted by Crippen LogP contribution is -2.43. The number of hydrogen-bond acceptors (Lipinski definition) is 5. The van der Waals surface area contributed by atoms with Gasteiger partial charge in [0.05, 0.1) is 5.00 Å². The van der Waals surface area contributed by atoms with Crippen molar-refractivity contribution in [1.82, 2.24) is 10.9 Å². The van der Waals surface area contributed by atoms with E-state index in [4.69, 9.17) is 17.3 Å². The molecule has 0 fully saturated rings. The number of nitrogens with one attached hydrogen (secondary N) is 3. The van der Waals surface area contributed by atoms with Gasteiger partial charge < -0.3 is 15.5 Å². The maximum Gasteiger partial charge on any atom is 0.238 e. The Morgan fingerprint density at radius 2 is 1.86 bits per heavy atom. The van der Waals surface area contributed by atoms with Gasteiger partial charge >= 0.3 is 0 Å². The minimum Gasteiger partial charge on any atom is -0.505 e. The molecule has 2 aromatic rings. The molecule has 0 unspecified atom stereocenters. The highest BCUT2D eigenvalue weighted by Crippen LogP contribution is 2.30. The molecule has 1 heterocycles. The summed E-state index contributed by atoms with van der Waals surface area (Å²) >= 11 is 6.76. The lowest BCUT2D eigenvalue weighted by atomic mass is 10.1. The minimum absolute atomic E-state index is 0.175. The zero-order valence-electron chi connectivity index (χ0n) is 15.9. The fourth-order valence-electron chi connectivity index (χ4n) is 2.31. The van der Waals surface area contributed by atoms with Gasteiger partial charge in [-0.25, -0.2) is 0 Å². The van der Waals surface area contributed by atoms with E-state index in [1.807, 2.05) is 42.5 Å². The minimum atomic E-state index is -0.420. The normalized spacial score (nSPS) is 11.6. The largest absolute Gasteiger partial charge is 0.505 e. The van der Waals surface area contributed by atoms with Gasteiger partial charge in [-0.3, -0.25) is 15.6 Å². The first-order chi connectivity index (χ1) is 13.9. The van der Waals surface area contributed by atoms with E-state index >= 15 is 0 Å². The van der Waals surface area contributed by atoms with Gasteiger partial charge in [0.2, 0.25) is 5.91 Å². The van der Waals surface area contributed by atoms with Crippen molar-refractivity contribution in [2.75, 3.05) is 5.32 Å². The van der Waals surface area contributed by atoms with Crippen LogP contribution in [-0.2, 0) is 4.79 Å². The van der Waals surface area contributed by atoms with Crippen LogP contribution in [-0.4, -0.2) is 21.2 Å². The molecule has 0 atom stereocenters. The smallest absolute Gasteiger partial charge is 0.238 e. The molecule has 8 heteroatoms. The van der Waals surface area contributed by atoms with Crippen molar-refractivity contribution >= 4 is 39.6 Å². The fourth-order valence-corrected chi connectivity index (χ4v) is 3.45. The number of carbonyl (C=O) groups excluding carboxylic acids is 1. The highest BCUT2D eigenvalue weighted by Gasteiger charge is 2.07. The second kappa shape index (κ2) is 11.0. The number of amides is 1. The quantitative estimate of drug-likeness (QED) is 0.185. The predicted molar refractivity (Wildman–Crippen MR) is 123 cm³/mol. The molecule has 2 rings (SSSR count). The molecular formula is C21H23N3O3S2. The fraction of sp³-hybridized carbons (Fsp3) is 0.143. The number of aliphatic hydroxyl groups excluding tert-OH is 2. The van der Waals surface area contributed by atoms with Gasteiger partial charge in [0.25, 0.3) is 0 Å². The summed E-state index contributed by atoms with van der Waals surface area (Å²) in [7, 11) is 0. The lowest BCUT2D eigenvalue weighted by Gasteiger charge is -2.10. The van der Waals surface area contributed by atoms with Crippen LogP contribution in [0.4, 0.5) is 5.00 Å². The summed E-state index contributed by atoms with van der Waals surface area (Å²) in [6, 6.07) is 14.0. The summed E-state index contributed by atoms with van der Waals surface area (Å²) in [4.78, 5) is 13.1. The first-order valence-corrected chi connectivity index (χ1v) is 10.1. The number of anilines is 1. The van der Waals surface area contributed by atoms with Crippen molar-refractivity contribution < 1.29 is 15.0 Å². The first kappa shape index (κ1) is 22.2. The molecule has 29 heavy (non-hydrogen) atoms.